The second-order valence-electron chi connectivity index (χ2n) is 6.53. The second kappa shape index (κ2) is 7.09. The summed E-state index contributed by atoms with van der Waals surface area (Å²) in [7, 11) is -7.08. The Bertz CT molecular complexity index is 1030. The van der Waals surface area contributed by atoms with Crippen LogP contribution < -0.4 is 4.72 Å². The van der Waals surface area contributed by atoms with Gasteiger partial charge in [0.2, 0.25) is 19.9 Å². The van der Waals surface area contributed by atoms with E-state index in [-0.39, 0.29) is 15.7 Å². The van der Waals surface area contributed by atoms with Crippen LogP contribution in [0.25, 0.3) is 0 Å². The van der Waals surface area contributed by atoms with Gasteiger partial charge in [-0.05, 0) is 66.6 Å². The van der Waals surface area contributed by atoms with Crippen LogP contribution in [-0.2, 0) is 26.3 Å². The molecule has 8 heteroatoms. The van der Waals surface area contributed by atoms with E-state index < -0.39 is 25.7 Å². The highest BCUT2D eigenvalue weighted by Gasteiger charge is 2.25. The summed E-state index contributed by atoms with van der Waals surface area (Å²) in [5.41, 5.74) is 1.86. The normalized spacial score (nSPS) is 17.7. The van der Waals surface area contributed by atoms with Crippen molar-refractivity contribution in [2.24, 2.45) is 0 Å². The first-order valence-corrected chi connectivity index (χ1v) is 11.6. The number of rotatable bonds is 5. The molecule has 1 aliphatic carbocycles. The minimum atomic E-state index is -3.80. The van der Waals surface area contributed by atoms with Crippen LogP contribution in [-0.4, -0.2) is 29.6 Å². The first kappa shape index (κ1) is 19.0. The number of sulfonamides is 1. The number of nitrogens with one attached hydrogen (secondary N) is 1. The monoisotopic (exact) mass is 397 g/mol. The molecule has 0 aliphatic heterocycles. The molecule has 0 radical (unpaired) electrons. The molecule has 0 saturated heterocycles. The molecule has 0 spiro atoms. The first-order chi connectivity index (χ1) is 12.2. The number of hydrogen-bond donors (Lipinski definition) is 1. The van der Waals surface area contributed by atoms with E-state index in [0.29, 0.717) is 6.54 Å². The van der Waals surface area contributed by atoms with Crippen LogP contribution >= 0.6 is 0 Å². The Hall–Kier alpha value is -1.77. The van der Waals surface area contributed by atoms with Gasteiger partial charge in [0.05, 0.1) is 16.0 Å². The van der Waals surface area contributed by atoms with Crippen molar-refractivity contribution in [2.75, 3.05) is 12.8 Å². The molecule has 0 aromatic heterocycles. The van der Waals surface area contributed by atoms with Crippen LogP contribution in [0.3, 0.4) is 0 Å². The largest absolute Gasteiger partial charge is 0.219 e. The van der Waals surface area contributed by atoms with Crippen LogP contribution in [0, 0.1) is 5.82 Å². The van der Waals surface area contributed by atoms with E-state index in [1.807, 2.05) is 0 Å². The Morgan fingerprint density at radius 3 is 2.50 bits per heavy atom. The Morgan fingerprint density at radius 1 is 1.08 bits per heavy atom. The molecule has 2 aromatic carbocycles. The summed E-state index contributed by atoms with van der Waals surface area (Å²) in [5, 5.41) is 0. The highest BCUT2D eigenvalue weighted by Crippen LogP contribution is 2.34. The average molecular weight is 397 g/mol. The van der Waals surface area contributed by atoms with E-state index in [1.165, 1.54) is 24.3 Å². The van der Waals surface area contributed by atoms with E-state index in [1.54, 1.807) is 12.1 Å². The van der Waals surface area contributed by atoms with Crippen LogP contribution in [0.4, 0.5) is 4.39 Å². The number of sulfone groups is 1. The summed E-state index contributed by atoms with van der Waals surface area (Å²) in [4.78, 5) is 0.0436. The Balaban J connectivity index is 1.93. The number of halogens is 1. The summed E-state index contributed by atoms with van der Waals surface area (Å²) in [6, 6.07) is 9.83. The van der Waals surface area contributed by atoms with Crippen molar-refractivity contribution in [1.82, 2.24) is 4.72 Å². The lowest BCUT2D eigenvalue weighted by atomic mass is 9.83. The lowest BCUT2D eigenvalue weighted by Gasteiger charge is -2.26. The molecular weight excluding hydrogens is 377 g/mol. The number of benzene rings is 2. The van der Waals surface area contributed by atoms with Gasteiger partial charge in [-0.1, -0.05) is 12.1 Å². The lowest BCUT2D eigenvalue weighted by molar-refractivity contribution is 0.530. The summed E-state index contributed by atoms with van der Waals surface area (Å²) < 4.78 is 64.1. The van der Waals surface area contributed by atoms with Crippen molar-refractivity contribution in [3.05, 3.63) is 59.4 Å². The quantitative estimate of drug-likeness (QED) is 0.841. The number of hydrogen-bond acceptors (Lipinski definition) is 4. The Morgan fingerprint density at radius 2 is 1.81 bits per heavy atom. The van der Waals surface area contributed by atoms with Crippen molar-refractivity contribution >= 4 is 19.9 Å². The molecule has 3 rings (SSSR count). The summed E-state index contributed by atoms with van der Waals surface area (Å²) in [6.07, 6.45) is 3.54. The van der Waals surface area contributed by atoms with Crippen molar-refractivity contribution in [1.29, 1.82) is 0 Å². The summed E-state index contributed by atoms with van der Waals surface area (Å²) in [5.74, 6) is -0.588. The predicted molar refractivity (Wildman–Crippen MR) is 96.8 cm³/mol. The second-order valence-corrected chi connectivity index (χ2v) is 10.3. The van der Waals surface area contributed by atoms with Gasteiger partial charge in [-0.15, -0.1) is 0 Å². The van der Waals surface area contributed by atoms with Gasteiger partial charge < -0.3 is 0 Å². The summed E-state index contributed by atoms with van der Waals surface area (Å²) >= 11 is 0. The van der Waals surface area contributed by atoms with Crippen LogP contribution in [0.2, 0.25) is 0 Å². The highest BCUT2D eigenvalue weighted by molar-refractivity contribution is 7.91. The molecule has 1 aliphatic rings. The van der Waals surface area contributed by atoms with Gasteiger partial charge in [-0.25, -0.2) is 25.9 Å². The zero-order valence-electron chi connectivity index (χ0n) is 14.3. The molecular formula is C18H20FNO4S2. The Labute approximate surface area is 153 Å². The predicted octanol–water partition coefficient (Wildman–Crippen LogP) is 2.63. The molecule has 0 bridgehead atoms. The molecule has 1 N–H and O–H groups in total. The third kappa shape index (κ3) is 4.13. The first-order valence-electron chi connectivity index (χ1n) is 8.25. The fraction of sp³-hybridized carbons (Fsp3) is 0.333. The van der Waals surface area contributed by atoms with Gasteiger partial charge in [0.25, 0.3) is 0 Å². The highest BCUT2D eigenvalue weighted by atomic mass is 32.2. The maximum Gasteiger partial charge on any atom is 0.208 e. The van der Waals surface area contributed by atoms with Crippen LogP contribution in [0.15, 0.2) is 52.3 Å². The standard InChI is InChI=1S/C18H20FNO4S2/c1-25(21,22)20-12-14-5-2-4-13-10-17(8-9-18(13)14)26(23,24)16-7-3-6-15(19)11-16/h3,6-11,14,20H,2,4-5,12H2,1H3. The van der Waals surface area contributed by atoms with Crippen molar-refractivity contribution < 1.29 is 21.2 Å². The van der Waals surface area contributed by atoms with E-state index in [4.69, 9.17) is 0 Å². The molecule has 0 fully saturated rings. The van der Waals surface area contributed by atoms with E-state index in [0.717, 1.165) is 42.7 Å². The van der Waals surface area contributed by atoms with E-state index >= 15 is 0 Å². The fourth-order valence-electron chi connectivity index (χ4n) is 3.29. The third-order valence-electron chi connectivity index (χ3n) is 4.56. The lowest BCUT2D eigenvalue weighted by Crippen LogP contribution is -2.29. The Kier molecular flexibility index (Phi) is 5.18. The number of aryl methyl sites for hydroxylation is 1. The molecule has 0 saturated carbocycles. The van der Waals surface area contributed by atoms with Gasteiger partial charge in [0.15, 0.2) is 0 Å². The minimum Gasteiger partial charge on any atom is -0.219 e. The van der Waals surface area contributed by atoms with Crippen molar-refractivity contribution in [2.45, 2.75) is 35.0 Å². The molecule has 1 unspecified atom stereocenters. The topological polar surface area (TPSA) is 80.3 Å². The molecule has 5 nitrogen and oxygen atoms in total. The van der Waals surface area contributed by atoms with Crippen molar-refractivity contribution in [3.8, 4) is 0 Å². The van der Waals surface area contributed by atoms with Gasteiger partial charge in [-0.3, -0.25) is 0 Å². The fourth-order valence-corrected chi connectivity index (χ4v) is 5.14. The van der Waals surface area contributed by atoms with Crippen LogP contribution in [0.5, 0.6) is 0 Å². The van der Waals surface area contributed by atoms with Gasteiger partial charge in [-0.2, -0.15) is 0 Å². The average Bonchev–Trinajstić information content (AvgIpc) is 2.58. The SMILES string of the molecule is CS(=O)(=O)NCC1CCCc2cc(S(=O)(=O)c3cccc(F)c3)ccc21. The van der Waals surface area contributed by atoms with Gasteiger partial charge in [0, 0.05) is 6.54 Å². The van der Waals surface area contributed by atoms with Gasteiger partial charge >= 0.3 is 0 Å². The maximum atomic E-state index is 13.4. The minimum absolute atomic E-state index is 0.0133. The van der Waals surface area contributed by atoms with Gasteiger partial charge in [0.1, 0.15) is 5.82 Å². The maximum absolute atomic E-state index is 13.4. The number of fused-ring (bicyclic) bond motifs is 1. The van der Waals surface area contributed by atoms with E-state index in [9.17, 15) is 21.2 Å². The van der Waals surface area contributed by atoms with Crippen molar-refractivity contribution in [3.63, 3.8) is 0 Å². The smallest absolute Gasteiger partial charge is 0.208 e. The molecule has 2 aromatic rings. The third-order valence-corrected chi connectivity index (χ3v) is 7.00. The molecule has 26 heavy (non-hydrogen) atoms. The zero-order valence-corrected chi connectivity index (χ0v) is 15.9. The molecule has 0 heterocycles. The molecule has 1 atom stereocenters. The van der Waals surface area contributed by atoms with E-state index in [2.05, 4.69) is 4.72 Å². The van der Waals surface area contributed by atoms with Crippen LogP contribution in [0.1, 0.15) is 29.9 Å². The molecule has 0 amide bonds. The molecule has 140 valence electrons. The summed E-state index contributed by atoms with van der Waals surface area (Å²) in [6.45, 7) is 0.293. The zero-order chi connectivity index (χ0) is 18.9.